The largest absolute Gasteiger partial charge is 0.389 e. The number of nitrogens with one attached hydrogen (secondary N) is 1. The first-order valence-electron chi connectivity index (χ1n) is 6.28. The maximum atomic E-state index is 12.1. The predicted octanol–water partition coefficient (Wildman–Crippen LogP) is 3.27. The van der Waals surface area contributed by atoms with E-state index in [2.05, 4.69) is 5.32 Å². The van der Waals surface area contributed by atoms with Crippen LogP contribution in [0.25, 0.3) is 0 Å². The Morgan fingerprint density at radius 2 is 2.11 bits per heavy atom. The molecule has 0 bridgehead atoms. The SMILES string of the molecule is CCN(CC(C)(C)O)C(=O)Nc1cccc(C)c1Cl. The molecule has 5 heteroatoms. The molecule has 2 N–H and O–H groups in total. The van der Waals surface area contributed by atoms with Crippen LogP contribution >= 0.6 is 11.6 Å². The van der Waals surface area contributed by atoms with E-state index in [-0.39, 0.29) is 12.6 Å². The van der Waals surface area contributed by atoms with Gasteiger partial charge in [-0.2, -0.15) is 0 Å². The number of likely N-dealkylation sites (N-methyl/N-ethyl adjacent to an activating group) is 1. The molecule has 0 heterocycles. The lowest BCUT2D eigenvalue weighted by Crippen LogP contribution is -2.44. The third-order valence-electron chi connectivity index (χ3n) is 2.68. The van der Waals surface area contributed by atoms with E-state index in [1.54, 1.807) is 24.8 Å². The summed E-state index contributed by atoms with van der Waals surface area (Å²) in [5.74, 6) is 0. The van der Waals surface area contributed by atoms with E-state index in [1.165, 1.54) is 0 Å². The normalized spacial score (nSPS) is 11.3. The first kappa shape index (κ1) is 15.8. The zero-order valence-electron chi connectivity index (χ0n) is 11.8. The van der Waals surface area contributed by atoms with Crippen LogP contribution in [0.2, 0.25) is 5.02 Å². The third kappa shape index (κ3) is 4.73. The molecule has 0 aliphatic rings. The summed E-state index contributed by atoms with van der Waals surface area (Å²) in [5, 5.41) is 13.1. The van der Waals surface area contributed by atoms with Crippen LogP contribution in [0.4, 0.5) is 10.5 Å². The second-order valence-electron chi connectivity index (χ2n) is 5.19. The minimum Gasteiger partial charge on any atom is -0.389 e. The Kier molecular flexibility index (Phi) is 5.20. The van der Waals surface area contributed by atoms with Crippen molar-refractivity contribution in [2.45, 2.75) is 33.3 Å². The van der Waals surface area contributed by atoms with Gasteiger partial charge in [-0.1, -0.05) is 23.7 Å². The molecule has 0 aliphatic carbocycles. The van der Waals surface area contributed by atoms with E-state index in [9.17, 15) is 9.90 Å². The molecule has 1 aromatic carbocycles. The van der Waals surface area contributed by atoms with Gasteiger partial charge in [0.1, 0.15) is 0 Å². The summed E-state index contributed by atoms with van der Waals surface area (Å²) in [6.07, 6.45) is 0. The number of halogens is 1. The van der Waals surface area contributed by atoms with Crippen molar-refractivity contribution in [1.29, 1.82) is 0 Å². The minimum atomic E-state index is -0.927. The molecule has 0 aromatic heterocycles. The van der Waals surface area contributed by atoms with E-state index in [0.717, 1.165) is 5.56 Å². The standard InChI is InChI=1S/C14H21ClN2O2/c1-5-17(9-14(3,4)19)13(18)16-11-8-6-7-10(2)12(11)15/h6-8,19H,5,9H2,1-4H3,(H,16,18). The summed E-state index contributed by atoms with van der Waals surface area (Å²) in [5.41, 5.74) is 0.565. The maximum absolute atomic E-state index is 12.1. The van der Waals surface area contributed by atoms with E-state index in [4.69, 9.17) is 11.6 Å². The Hall–Kier alpha value is -1.26. The van der Waals surface area contributed by atoms with Crippen molar-refractivity contribution in [3.63, 3.8) is 0 Å². The fourth-order valence-electron chi connectivity index (χ4n) is 1.73. The fourth-order valence-corrected chi connectivity index (χ4v) is 1.91. The number of nitrogens with zero attached hydrogens (tertiary/aromatic N) is 1. The molecule has 106 valence electrons. The van der Waals surface area contributed by atoms with Crippen LogP contribution in [0.15, 0.2) is 18.2 Å². The Labute approximate surface area is 119 Å². The van der Waals surface area contributed by atoms with E-state index in [1.807, 2.05) is 26.0 Å². The summed E-state index contributed by atoms with van der Waals surface area (Å²) < 4.78 is 0. The van der Waals surface area contributed by atoms with Crippen molar-refractivity contribution in [2.75, 3.05) is 18.4 Å². The Morgan fingerprint density at radius 3 is 2.63 bits per heavy atom. The van der Waals surface area contributed by atoms with Gasteiger partial charge in [-0.3, -0.25) is 0 Å². The molecule has 1 rings (SSSR count). The maximum Gasteiger partial charge on any atom is 0.321 e. The number of hydrogen-bond acceptors (Lipinski definition) is 2. The number of amides is 2. The molecule has 0 spiro atoms. The van der Waals surface area contributed by atoms with Crippen LogP contribution in [0, 0.1) is 6.92 Å². The van der Waals surface area contributed by atoms with Gasteiger partial charge < -0.3 is 15.3 Å². The van der Waals surface area contributed by atoms with Gasteiger partial charge in [0.2, 0.25) is 0 Å². The monoisotopic (exact) mass is 284 g/mol. The smallest absolute Gasteiger partial charge is 0.321 e. The van der Waals surface area contributed by atoms with Crippen molar-refractivity contribution < 1.29 is 9.90 Å². The quantitative estimate of drug-likeness (QED) is 0.891. The third-order valence-corrected chi connectivity index (χ3v) is 3.18. The minimum absolute atomic E-state index is 0.263. The topological polar surface area (TPSA) is 52.6 Å². The second kappa shape index (κ2) is 6.26. The molecular formula is C14H21ClN2O2. The molecule has 0 aliphatic heterocycles. The Balaban J connectivity index is 2.80. The molecule has 19 heavy (non-hydrogen) atoms. The van der Waals surface area contributed by atoms with Gasteiger partial charge in [-0.05, 0) is 39.3 Å². The van der Waals surface area contributed by atoms with Gasteiger partial charge in [0.15, 0.2) is 0 Å². The number of benzene rings is 1. The number of carbonyl (C=O) groups excluding carboxylic acids is 1. The van der Waals surface area contributed by atoms with Crippen molar-refractivity contribution >= 4 is 23.3 Å². The number of hydrogen-bond donors (Lipinski definition) is 2. The highest BCUT2D eigenvalue weighted by molar-refractivity contribution is 6.34. The van der Waals surface area contributed by atoms with Crippen molar-refractivity contribution in [3.8, 4) is 0 Å². The molecule has 0 atom stereocenters. The van der Waals surface area contributed by atoms with E-state index < -0.39 is 5.60 Å². The Morgan fingerprint density at radius 1 is 1.47 bits per heavy atom. The lowest BCUT2D eigenvalue weighted by atomic mass is 10.1. The van der Waals surface area contributed by atoms with Crippen LogP contribution in [0.1, 0.15) is 26.3 Å². The van der Waals surface area contributed by atoms with E-state index in [0.29, 0.717) is 17.3 Å². The molecule has 2 amide bonds. The molecule has 0 fully saturated rings. The first-order chi connectivity index (χ1) is 8.74. The number of rotatable bonds is 4. The van der Waals surface area contributed by atoms with Crippen molar-refractivity contribution in [1.82, 2.24) is 4.90 Å². The van der Waals surface area contributed by atoms with E-state index >= 15 is 0 Å². The number of anilines is 1. The summed E-state index contributed by atoms with van der Waals surface area (Å²) in [7, 11) is 0. The molecule has 0 saturated heterocycles. The van der Waals surface area contributed by atoms with Gasteiger partial charge >= 0.3 is 6.03 Å². The number of urea groups is 1. The Bertz CT molecular complexity index is 455. The summed E-state index contributed by atoms with van der Waals surface area (Å²) >= 11 is 6.14. The highest BCUT2D eigenvalue weighted by Crippen LogP contribution is 2.25. The highest BCUT2D eigenvalue weighted by Gasteiger charge is 2.21. The zero-order valence-corrected chi connectivity index (χ0v) is 12.6. The summed E-state index contributed by atoms with van der Waals surface area (Å²) in [6.45, 7) is 7.86. The predicted molar refractivity (Wildman–Crippen MR) is 78.8 cm³/mol. The molecular weight excluding hydrogens is 264 g/mol. The molecule has 0 unspecified atom stereocenters. The van der Waals surface area contributed by atoms with Gasteiger partial charge in [0, 0.05) is 6.54 Å². The van der Waals surface area contributed by atoms with Crippen LogP contribution in [0.5, 0.6) is 0 Å². The van der Waals surface area contributed by atoms with Gasteiger partial charge in [-0.15, -0.1) is 0 Å². The highest BCUT2D eigenvalue weighted by atomic mass is 35.5. The van der Waals surface area contributed by atoms with Gasteiger partial charge in [0.05, 0.1) is 22.9 Å². The number of aryl methyl sites for hydroxylation is 1. The van der Waals surface area contributed by atoms with Gasteiger partial charge in [0.25, 0.3) is 0 Å². The second-order valence-corrected chi connectivity index (χ2v) is 5.57. The van der Waals surface area contributed by atoms with Crippen molar-refractivity contribution in [2.24, 2.45) is 0 Å². The summed E-state index contributed by atoms with van der Waals surface area (Å²) in [6, 6.07) is 5.21. The van der Waals surface area contributed by atoms with Crippen LogP contribution in [-0.2, 0) is 0 Å². The molecule has 0 saturated carbocycles. The first-order valence-corrected chi connectivity index (χ1v) is 6.66. The number of carbonyl (C=O) groups is 1. The zero-order chi connectivity index (χ0) is 14.6. The fraction of sp³-hybridized carbons (Fsp3) is 0.500. The van der Waals surface area contributed by atoms with Crippen LogP contribution < -0.4 is 5.32 Å². The number of aliphatic hydroxyl groups is 1. The van der Waals surface area contributed by atoms with Gasteiger partial charge in [-0.25, -0.2) is 4.79 Å². The lowest BCUT2D eigenvalue weighted by molar-refractivity contribution is 0.0501. The molecule has 4 nitrogen and oxygen atoms in total. The average molecular weight is 285 g/mol. The van der Waals surface area contributed by atoms with Crippen molar-refractivity contribution in [3.05, 3.63) is 28.8 Å². The molecule has 0 radical (unpaired) electrons. The summed E-state index contributed by atoms with van der Waals surface area (Å²) in [4.78, 5) is 13.7. The van der Waals surface area contributed by atoms with Crippen LogP contribution in [-0.4, -0.2) is 34.7 Å². The lowest BCUT2D eigenvalue weighted by Gasteiger charge is -2.28. The molecule has 1 aromatic rings. The average Bonchev–Trinajstić information content (AvgIpc) is 2.30. The van der Waals surface area contributed by atoms with Crippen LogP contribution in [0.3, 0.4) is 0 Å².